The molecule has 1 saturated heterocycles. The van der Waals surface area contributed by atoms with E-state index in [2.05, 4.69) is 24.8 Å². The first-order chi connectivity index (χ1) is 15.8. The van der Waals surface area contributed by atoms with Crippen molar-refractivity contribution in [1.29, 1.82) is 0 Å². The molecule has 0 bridgehead atoms. The summed E-state index contributed by atoms with van der Waals surface area (Å²) in [5.41, 5.74) is 4.57. The van der Waals surface area contributed by atoms with Crippen molar-refractivity contribution in [3.63, 3.8) is 0 Å². The molecule has 2 aromatic carbocycles. The molecule has 0 spiro atoms. The normalized spacial score (nSPS) is 21.2. The summed E-state index contributed by atoms with van der Waals surface area (Å²) in [6.45, 7) is 12.7. The van der Waals surface area contributed by atoms with Crippen LogP contribution in [-0.4, -0.2) is 36.4 Å². The van der Waals surface area contributed by atoms with Crippen LogP contribution in [0.3, 0.4) is 0 Å². The van der Waals surface area contributed by atoms with Crippen LogP contribution in [0, 0.1) is 25.7 Å². The molecule has 5 heteroatoms. The van der Waals surface area contributed by atoms with Gasteiger partial charge in [-0.15, -0.1) is 0 Å². The Bertz CT molecular complexity index is 1090. The maximum absolute atomic E-state index is 13.9. The number of piperidine rings is 1. The van der Waals surface area contributed by atoms with Crippen LogP contribution in [0.2, 0.25) is 0 Å². The lowest BCUT2D eigenvalue weighted by molar-refractivity contribution is -0.120. The SMILES string of the molecule is CCCOc1cccc(N2C(=O)C(c3ccc(C)cc3C)=C(N3CC(C)CC(C)C3)C2=O)c1. The van der Waals surface area contributed by atoms with Crippen molar-refractivity contribution in [2.24, 2.45) is 11.8 Å². The number of hydrogen-bond donors (Lipinski definition) is 0. The van der Waals surface area contributed by atoms with Gasteiger partial charge < -0.3 is 9.64 Å². The fraction of sp³-hybridized carbons (Fsp3) is 0.429. The van der Waals surface area contributed by atoms with Crippen LogP contribution in [0.25, 0.3) is 5.57 Å². The van der Waals surface area contributed by atoms with Gasteiger partial charge in [0.15, 0.2) is 0 Å². The standard InChI is InChI=1S/C28H34N2O3/c1-6-12-33-23-9-7-8-22(15-23)30-27(31)25(24-11-10-18(2)14-21(24)5)26(28(30)32)29-16-19(3)13-20(4)17-29/h7-11,14-15,19-20H,6,12-13,16-17H2,1-5H3. The van der Waals surface area contributed by atoms with Gasteiger partial charge in [0.25, 0.3) is 11.8 Å². The molecule has 2 heterocycles. The molecule has 174 valence electrons. The number of carbonyl (C=O) groups is 2. The zero-order valence-electron chi connectivity index (χ0n) is 20.4. The summed E-state index contributed by atoms with van der Waals surface area (Å²) in [5, 5.41) is 0. The average molecular weight is 447 g/mol. The van der Waals surface area contributed by atoms with Crippen molar-refractivity contribution < 1.29 is 14.3 Å². The van der Waals surface area contributed by atoms with Crippen molar-refractivity contribution in [2.45, 2.75) is 47.5 Å². The lowest BCUT2D eigenvalue weighted by Crippen LogP contribution is -2.42. The molecule has 2 unspecified atom stereocenters. The summed E-state index contributed by atoms with van der Waals surface area (Å²) >= 11 is 0. The number of benzene rings is 2. The van der Waals surface area contributed by atoms with Crippen molar-refractivity contribution in [2.75, 3.05) is 24.6 Å². The number of hydrogen-bond acceptors (Lipinski definition) is 4. The monoisotopic (exact) mass is 446 g/mol. The van der Waals surface area contributed by atoms with Gasteiger partial charge in [0.2, 0.25) is 0 Å². The van der Waals surface area contributed by atoms with Gasteiger partial charge in [-0.3, -0.25) is 9.59 Å². The predicted octanol–water partition coefficient (Wildman–Crippen LogP) is 5.35. The van der Waals surface area contributed by atoms with Gasteiger partial charge in [0.1, 0.15) is 11.4 Å². The Morgan fingerprint density at radius 2 is 1.70 bits per heavy atom. The number of nitrogens with zero attached hydrogens (tertiary/aromatic N) is 2. The summed E-state index contributed by atoms with van der Waals surface area (Å²) in [4.78, 5) is 31.2. The van der Waals surface area contributed by atoms with Crippen LogP contribution in [0.5, 0.6) is 5.75 Å². The number of aryl methyl sites for hydroxylation is 2. The molecule has 2 aliphatic rings. The molecule has 0 aromatic heterocycles. The second kappa shape index (κ2) is 9.42. The van der Waals surface area contributed by atoms with E-state index >= 15 is 0 Å². The summed E-state index contributed by atoms with van der Waals surface area (Å²) in [6, 6.07) is 13.3. The van der Waals surface area contributed by atoms with Crippen molar-refractivity contribution in [1.82, 2.24) is 4.90 Å². The van der Waals surface area contributed by atoms with E-state index in [-0.39, 0.29) is 11.8 Å². The Morgan fingerprint density at radius 3 is 2.36 bits per heavy atom. The average Bonchev–Trinajstić information content (AvgIpc) is 3.02. The van der Waals surface area contributed by atoms with Crippen LogP contribution in [0.15, 0.2) is 48.2 Å². The third kappa shape index (κ3) is 4.54. The largest absolute Gasteiger partial charge is 0.494 e. The van der Waals surface area contributed by atoms with E-state index in [4.69, 9.17) is 4.74 Å². The van der Waals surface area contributed by atoms with E-state index in [1.165, 1.54) is 4.90 Å². The van der Waals surface area contributed by atoms with Crippen molar-refractivity contribution >= 4 is 23.1 Å². The third-order valence-electron chi connectivity index (χ3n) is 6.44. The molecule has 2 atom stereocenters. The van der Waals surface area contributed by atoms with Gasteiger partial charge in [0.05, 0.1) is 17.9 Å². The maximum Gasteiger partial charge on any atom is 0.282 e. The van der Waals surface area contributed by atoms with Gasteiger partial charge >= 0.3 is 0 Å². The summed E-state index contributed by atoms with van der Waals surface area (Å²) < 4.78 is 5.77. The highest BCUT2D eigenvalue weighted by Gasteiger charge is 2.44. The van der Waals surface area contributed by atoms with Gasteiger partial charge in [-0.2, -0.15) is 0 Å². The Morgan fingerprint density at radius 1 is 0.970 bits per heavy atom. The molecular formula is C28H34N2O3. The Hall–Kier alpha value is -3.08. The first-order valence-corrected chi connectivity index (χ1v) is 12.0. The minimum atomic E-state index is -0.263. The number of anilines is 1. The summed E-state index contributed by atoms with van der Waals surface area (Å²) in [7, 11) is 0. The number of rotatable bonds is 6. The Balaban J connectivity index is 1.81. The summed E-state index contributed by atoms with van der Waals surface area (Å²) in [5.74, 6) is 1.08. The molecule has 2 aliphatic heterocycles. The first-order valence-electron chi connectivity index (χ1n) is 12.0. The number of amides is 2. The zero-order valence-corrected chi connectivity index (χ0v) is 20.4. The van der Waals surface area contributed by atoms with E-state index in [9.17, 15) is 9.59 Å². The minimum absolute atomic E-state index is 0.246. The second-order valence-electron chi connectivity index (χ2n) is 9.68. The second-order valence-corrected chi connectivity index (χ2v) is 9.68. The van der Waals surface area contributed by atoms with Gasteiger partial charge in [-0.25, -0.2) is 4.90 Å². The molecule has 2 aromatic rings. The van der Waals surface area contributed by atoms with Crippen LogP contribution in [0.1, 0.15) is 50.3 Å². The van der Waals surface area contributed by atoms with Gasteiger partial charge in [-0.1, -0.05) is 50.6 Å². The molecule has 0 N–H and O–H groups in total. The zero-order chi connectivity index (χ0) is 23.7. The molecular weight excluding hydrogens is 412 g/mol. The van der Waals surface area contributed by atoms with Crippen LogP contribution >= 0.6 is 0 Å². The molecule has 4 rings (SSSR count). The van der Waals surface area contributed by atoms with E-state index in [1.54, 1.807) is 12.1 Å². The summed E-state index contributed by atoms with van der Waals surface area (Å²) in [6.07, 6.45) is 2.02. The lowest BCUT2D eigenvalue weighted by atomic mass is 9.90. The van der Waals surface area contributed by atoms with Crippen LogP contribution in [0.4, 0.5) is 5.69 Å². The molecule has 1 fully saturated rings. The van der Waals surface area contributed by atoms with Crippen molar-refractivity contribution in [3.05, 3.63) is 64.9 Å². The van der Waals surface area contributed by atoms with Gasteiger partial charge in [0, 0.05) is 19.2 Å². The first kappa shape index (κ1) is 23.1. The number of imide groups is 1. The molecule has 33 heavy (non-hydrogen) atoms. The number of likely N-dealkylation sites (tertiary alicyclic amines) is 1. The van der Waals surface area contributed by atoms with Gasteiger partial charge in [-0.05, 0) is 61.8 Å². The van der Waals surface area contributed by atoms with Crippen LogP contribution in [-0.2, 0) is 9.59 Å². The fourth-order valence-corrected chi connectivity index (χ4v) is 5.16. The molecule has 0 saturated carbocycles. The third-order valence-corrected chi connectivity index (χ3v) is 6.44. The number of ether oxygens (including phenoxy) is 1. The van der Waals surface area contributed by atoms with E-state index < -0.39 is 0 Å². The predicted molar refractivity (Wildman–Crippen MR) is 132 cm³/mol. The van der Waals surface area contributed by atoms with E-state index in [0.29, 0.717) is 41.1 Å². The smallest absolute Gasteiger partial charge is 0.282 e. The fourth-order valence-electron chi connectivity index (χ4n) is 5.16. The molecule has 5 nitrogen and oxygen atoms in total. The minimum Gasteiger partial charge on any atom is -0.494 e. The highest BCUT2D eigenvalue weighted by Crippen LogP contribution is 2.39. The highest BCUT2D eigenvalue weighted by atomic mass is 16.5. The molecule has 2 amide bonds. The Labute approximate surface area is 197 Å². The van der Waals surface area contributed by atoms with Crippen molar-refractivity contribution in [3.8, 4) is 5.75 Å². The molecule has 0 aliphatic carbocycles. The van der Waals surface area contributed by atoms with Crippen LogP contribution < -0.4 is 9.64 Å². The lowest BCUT2D eigenvalue weighted by Gasteiger charge is -2.37. The van der Waals surface area contributed by atoms with E-state index in [0.717, 1.165) is 42.6 Å². The quantitative estimate of drug-likeness (QED) is 0.561. The number of carbonyl (C=O) groups excluding carboxylic acids is 2. The molecule has 0 radical (unpaired) electrons. The topological polar surface area (TPSA) is 49.9 Å². The Kier molecular flexibility index (Phi) is 6.59. The van der Waals surface area contributed by atoms with E-state index in [1.807, 2.05) is 45.0 Å². The maximum atomic E-state index is 13.9. The highest BCUT2D eigenvalue weighted by molar-refractivity contribution is 6.45.